The van der Waals surface area contributed by atoms with Crippen molar-refractivity contribution in [2.75, 3.05) is 5.32 Å². The molecule has 0 radical (unpaired) electrons. The summed E-state index contributed by atoms with van der Waals surface area (Å²) in [5.41, 5.74) is 1.95. The van der Waals surface area contributed by atoms with Crippen molar-refractivity contribution in [3.05, 3.63) is 60.6 Å². The number of carbonyl (C=O) groups is 1. The van der Waals surface area contributed by atoms with Gasteiger partial charge in [0.25, 0.3) is 0 Å². The third kappa shape index (κ3) is 4.79. The van der Waals surface area contributed by atoms with Gasteiger partial charge in [-0.05, 0) is 24.3 Å². The number of nitrogens with zero attached hydrogens (tertiary/aromatic N) is 4. The molecule has 0 spiro atoms. The lowest BCUT2D eigenvalue weighted by atomic mass is 10.0. The van der Waals surface area contributed by atoms with E-state index >= 15 is 0 Å². The first-order chi connectivity index (χ1) is 14.2. The summed E-state index contributed by atoms with van der Waals surface area (Å²) in [4.78, 5) is 16.8. The number of anilines is 1. The molecule has 2 aromatic heterocycles. The number of terminal acetylenes is 1. The van der Waals surface area contributed by atoms with Gasteiger partial charge in [-0.25, -0.2) is 4.98 Å². The summed E-state index contributed by atoms with van der Waals surface area (Å²) < 4.78 is 7.79. The van der Waals surface area contributed by atoms with Gasteiger partial charge in [-0.3, -0.25) is 4.79 Å². The Labute approximate surface area is 168 Å². The zero-order valence-electron chi connectivity index (χ0n) is 15.9. The molecule has 1 N–H and O–H groups in total. The molecule has 146 valence electrons. The first-order valence-electron chi connectivity index (χ1n) is 9.49. The number of imidazole rings is 1. The van der Waals surface area contributed by atoms with E-state index in [0.29, 0.717) is 43.7 Å². The van der Waals surface area contributed by atoms with Gasteiger partial charge in [0.15, 0.2) is 5.66 Å². The van der Waals surface area contributed by atoms with Crippen LogP contribution in [0, 0.1) is 12.3 Å². The number of fused-ring (bicyclic) bond motifs is 1. The van der Waals surface area contributed by atoms with Crippen LogP contribution in [0.1, 0.15) is 31.4 Å². The van der Waals surface area contributed by atoms with E-state index in [0.717, 1.165) is 11.3 Å². The van der Waals surface area contributed by atoms with E-state index < -0.39 is 5.66 Å². The van der Waals surface area contributed by atoms with Crippen LogP contribution in [0.3, 0.4) is 0 Å². The zero-order chi connectivity index (χ0) is 20.1. The third-order valence-electron chi connectivity index (χ3n) is 4.72. The molecule has 4 rings (SSSR count). The molecule has 0 unspecified atom stereocenters. The average Bonchev–Trinajstić information content (AvgIpc) is 3.38. The molecule has 29 heavy (non-hydrogen) atoms. The van der Waals surface area contributed by atoms with Crippen LogP contribution in [0.5, 0.6) is 5.75 Å². The van der Waals surface area contributed by atoms with Crippen molar-refractivity contribution >= 4 is 17.2 Å². The van der Waals surface area contributed by atoms with Crippen molar-refractivity contribution in [3.63, 3.8) is 0 Å². The SMILES string of the molecule is C#CCCC1(CCC(=O)Nc2cccc(OCc3cn4ccccc4n3)c2)N=N1. The standard InChI is InChI=1S/C22H21N5O2/c1-2-3-11-22(25-26-22)12-10-21(28)24-17-7-6-8-19(14-17)29-16-18-15-27-13-5-4-9-20(27)23-18/h1,4-9,13-15H,3,10-12,16H2,(H,24,28). The van der Waals surface area contributed by atoms with Gasteiger partial charge in [-0.15, -0.1) is 12.3 Å². The Hall–Kier alpha value is -3.66. The minimum atomic E-state index is -0.442. The maximum atomic E-state index is 12.3. The highest BCUT2D eigenvalue weighted by molar-refractivity contribution is 5.90. The fourth-order valence-corrected chi connectivity index (χ4v) is 3.08. The summed E-state index contributed by atoms with van der Waals surface area (Å²) in [5, 5.41) is 11.0. The van der Waals surface area contributed by atoms with Crippen molar-refractivity contribution in [2.24, 2.45) is 10.2 Å². The van der Waals surface area contributed by atoms with E-state index in [4.69, 9.17) is 11.2 Å². The Morgan fingerprint density at radius 2 is 2.10 bits per heavy atom. The van der Waals surface area contributed by atoms with Crippen LogP contribution in [-0.2, 0) is 11.4 Å². The number of rotatable bonds is 9. The van der Waals surface area contributed by atoms with Crippen molar-refractivity contribution in [1.82, 2.24) is 9.38 Å². The van der Waals surface area contributed by atoms with Gasteiger partial charge in [0.2, 0.25) is 5.91 Å². The Balaban J connectivity index is 1.29. The number of hydrogen-bond acceptors (Lipinski definition) is 5. The molecule has 3 heterocycles. The number of carbonyl (C=O) groups excluding carboxylic acids is 1. The van der Waals surface area contributed by atoms with Crippen molar-refractivity contribution in [2.45, 2.75) is 38.0 Å². The Morgan fingerprint density at radius 1 is 1.21 bits per heavy atom. The summed E-state index contributed by atoms with van der Waals surface area (Å²) in [6.45, 7) is 0.347. The smallest absolute Gasteiger partial charge is 0.224 e. The van der Waals surface area contributed by atoms with E-state index in [2.05, 4.69) is 26.4 Å². The van der Waals surface area contributed by atoms with Gasteiger partial charge in [0.1, 0.15) is 18.0 Å². The van der Waals surface area contributed by atoms with Gasteiger partial charge in [-0.2, -0.15) is 10.2 Å². The molecule has 1 aliphatic rings. The topological polar surface area (TPSA) is 80.3 Å². The zero-order valence-corrected chi connectivity index (χ0v) is 15.9. The van der Waals surface area contributed by atoms with Crippen LogP contribution < -0.4 is 10.1 Å². The molecule has 7 nitrogen and oxygen atoms in total. The van der Waals surface area contributed by atoms with Crippen molar-refractivity contribution < 1.29 is 9.53 Å². The maximum Gasteiger partial charge on any atom is 0.224 e. The van der Waals surface area contributed by atoms with Crippen LogP contribution in [0.4, 0.5) is 5.69 Å². The third-order valence-corrected chi connectivity index (χ3v) is 4.72. The molecule has 3 aromatic rings. The summed E-state index contributed by atoms with van der Waals surface area (Å²) in [5.74, 6) is 3.17. The van der Waals surface area contributed by atoms with E-state index in [1.165, 1.54) is 0 Å². The average molecular weight is 387 g/mol. The molecule has 1 aliphatic heterocycles. The van der Waals surface area contributed by atoms with Crippen LogP contribution >= 0.6 is 0 Å². The lowest BCUT2D eigenvalue weighted by Gasteiger charge is -2.10. The van der Waals surface area contributed by atoms with E-state index in [1.54, 1.807) is 6.07 Å². The van der Waals surface area contributed by atoms with Gasteiger partial charge < -0.3 is 14.5 Å². The van der Waals surface area contributed by atoms with E-state index in [1.807, 2.05) is 53.2 Å². The normalized spacial score (nSPS) is 13.8. The number of nitrogens with one attached hydrogen (secondary N) is 1. The number of hydrogen-bond donors (Lipinski definition) is 1. The van der Waals surface area contributed by atoms with Gasteiger partial charge in [0.05, 0.1) is 5.69 Å². The lowest BCUT2D eigenvalue weighted by Crippen LogP contribution is -2.17. The fourth-order valence-electron chi connectivity index (χ4n) is 3.08. The summed E-state index contributed by atoms with van der Waals surface area (Å²) in [7, 11) is 0. The summed E-state index contributed by atoms with van der Waals surface area (Å²) >= 11 is 0. The molecule has 0 saturated heterocycles. The molecule has 1 amide bonds. The predicted molar refractivity (Wildman–Crippen MR) is 109 cm³/mol. The first kappa shape index (κ1) is 18.7. The molecule has 0 atom stereocenters. The number of pyridine rings is 1. The second-order valence-corrected chi connectivity index (χ2v) is 6.95. The van der Waals surface area contributed by atoms with Gasteiger partial charge >= 0.3 is 0 Å². The molecule has 0 fully saturated rings. The predicted octanol–water partition coefficient (Wildman–Crippen LogP) is 4.21. The lowest BCUT2D eigenvalue weighted by molar-refractivity contribution is -0.116. The molecular formula is C22H21N5O2. The maximum absolute atomic E-state index is 12.3. The van der Waals surface area contributed by atoms with Crippen LogP contribution in [-0.4, -0.2) is 21.0 Å². The Bertz CT molecular complexity index is 1060. The largest absolute Gasteiger partial charge is 0.487 e. The Kier molecular flexibility index (Phi) is 5.25. The van der Waals surface area contributed by atoms with Crippen molar-refractivity contribution in [3.8, 4) is 18.1 Å². The summed E-state index contributed by atoms with van der Waals surface area (Å²) in [6.07, 6.45) is 11.4. The highest BCUT2D eigenvalue weighted by Gasteiger charge is 2.39. The number of ether oxygens (including phenoxy) is 1. The second kappa shape index (κ2) is 8.15. The van der Waals surface area contributed by atoms with Crippen LogP contribution in [0.25, 0.3) is 5.65 Å². The quantitative estimate of drug-likeness (QED) is 0.559. The number of aromatic nitrogens is 2. The van der Waals surface area contributed by atoms with Gasteiger partial charge in [0, 0.05) is 49.8 Å². The van der Waals surface area contributed by atoms with Crippen LogP contribution in [0.2, 0.25) is 0 Å². The molecular weight excluding hydrogens is 366 g/mol. The molecule has 1 aromatic carbocycles. The number of benzene rings is 1. The first-order valence-corrected chi connectivity index (χ1v) is 9.49. The van der Waals surface area contributed by atoms with Crippen molar-refractivity contribution in [1.29, 1.82) is 0 Å². The molecule has 0 aliphatic carbocycles. The molecule has 7 heteroatoms. The number of amides is 1. The minimum absolute atomic E-state index is 0.0834. The molecule has 0 saturated carbocycles. The monoisotopic (exact) mass is 387 g/mol. The van der Waals surface area contributed by atoms with Crippen LogP contribution in [0.15, 0.2) is 65.1 Å². The highest BCUT2D eigenvalue weighted by atomic mass is 16.5. The Morgan fingerprint density at radius 3 is 2.90 bits per heavy atom. The second-order valence-electron chi connectivity index (χ2n) is 6.95. The van der Waals surface area contributed by atoms with E-state index in [9.17, 15) is 4.79 Å². The summed E-state index contributed by atoms with van der Waals surface area (Å²) in [6, 6.07) is 13.2. The van der Waals surface area contributed by atoms with Gasteiger partial charge in [-0.1, -0.05) is 12.1 Å². The fraction of sp³-hybridized carbons (Fsp3) is 0.273. The van der Waals surface area contributed by atoms with E-state index in [-0.39, 0.29) is 5.91 Å². The minimum Gasteiger partial charge on any atom is -0.487 e. The molecule has 0 bridgehead atoms. The highest BCUT2D eigenvalue weighted by Crippen LogP contribution is 2.37.